The SMILES string of the molecule is Cc1ncc(CNc2ccc(NS(C)(=O)=O)c(C)c2)s1. The van der Waals surface area contributed by atoms with Crippen molar-refractivity contribution in [2.45, 2.75) is 20.4 Å². The third-order valence-electron chi connectivity index (χ3n) is 2.66. The molecule has 2 aromatic rings. The van der Waals surface area contributed by atoms with E-state index >= 15 is 0 Å². The number of rotatable bonds is 5. The highest BCUT2D eigenvalue weighted by atomic mass is 32.2. The first-order valence-electron chi connectivity index (χ1n) is 6.07. The van der Waals surface area contributed by atoms with Crippen molar-refractivity contribution in [2.24, 2.45) is 0 Å². The Morgan fingerprint density at radius 3 is 2.60 bits per heavy atom. The number of hydrogen-bond donors (Lipinski definition) is 2. The summed E-state index contributed by atoms with van der Waals surface area (Å²) in [5.41, 5.74) is 2.43. The van der Waals surface area contributed by atoms with E-state index < -0.39 is 10.0 Å². The molecule has 0 atom stereocenters. The molecule has 0 aliphatic rings. The maximum atomic E-state index is 11.2. The van der Waals surface area contributed by atoms with Crippen LogP contribution in [0.5, 0.6) is 0 Å². The number of sulfonamides is 1. The van der Waals surface area contributed by atoms with E-state index in [0.717, 1.165) is 22.5 Å². The van der Waals surface area contributed by atoms with E-state index in [9.17, 15) is 8.42 Å². The van der Waals surface area contributed by atoms with Gasteiger partial charge in [-0.3, -0.25) is 4.72 Å². The van der Waals surface area contributed by atoms with Gasteiger partial charge in [-0.1, -0.05) is 0 Å². The molecule has 7 heteroatoms. The molecule has 2 rings (SSSR count). The van der Waals surface area contributed by atoms with Gasteiger partial charge >= 0.3 is 0 Å². The average molecular weight is 311 g/mol. The second kappa shape index (κ2) is 5.80. The highest BCUT2D eigenvalue weighted by Crippen LogP contribution is 2.21. The smallest absolute Gasteiger partial charge is 0.229 e. The van der Waals surface area contributed by atoms with Crippen LogP contribution in [0.2, 0.25) is 0 Å². The first-order chi connectivity index (χ1) is 9.33. The Morgan fingerprint density at radius 1 is 1.30 bits per heavy atom. The molecule has 0 saturated carbocycles. The van der Waals surface area contributed by atoms with Gasteiger partial charge in [0.2, 0.25) is 10.0 Å². The van der Waals surface area contributed by atoms with Crippen LogP contribution < -0.4 is 10.0 Å². The van der Waals surface area contributed by atoms with Crippen molar-refractivity contribution in [3.63, 3.8) is 0 Å². The molecule has 0 fully saturated rings. The van der Waals surface area contributed by atoms with E-state index in [0.29, 0.717) is 12.2 Å². The number of nitrogens with zero attached hydrogens (tertiary/aromatic N) is 1. The maximum absolute atomic E-state index is 11.2. The quantitative estimate of drug-likeness (QED) is 0.890. The van der Waals surface area contributed by atoms with E-state index in [1.807, 2.05) is 32.2 Å². The Morgan fingerprint density at radius 2 is 2.05 bits per heavy atom. The van der Waals surface area contributed by atoms with Gasteiger partial charge in [-0.25, -0.2) is 13.4 Å². The van der Waals surface area contributed by atoms with Crippen molar-refractivity contribution in [3.05, 3.63) is 39.8 Å². The standard InChI is InChI=1S/C13H17N3O2S2/c1-9-6-11(4-5-13(9)16-20(3,17)18)15-8-12-7-14-10(2)19-12/h4-7,15-16H,8H2,1-3H3. The van der Waals surface area contributed by atoms with E-state index in [2.05, 4.69) is 15.0 Å². The minimum atomic E-state index is -3.24. The Balaban J connectivity index is 2.05. The molecule has 0 saturated heterocycles. The molecule has 0 spiro atoms. The third-order valence-corrected chi connectivity index (χ3v) is 4.16. The minimum absolute atomic E-state index is 0.603. The molecule has 0 bridgehead atoms. The lowest BCUT2D eigenvalue weighted by Crippen LogP contribution is -2.10. The van der Waals surface area contributed by atoms with Crippen LogP contribution in [0.1, 0.15) is 15.4 Å². The van der Waals surface area contributed by atoms with E-state index in [-0.39, 0.29) is 0 Å². The molecular weight excluding hydrogens is 294 g/mol. The Bertz CT molecular complexity index is 708. The number of benzene rings is 1. The molecule has 0 amide bonds. The maximum Gasteiger partial charge on any atom is 0.229 e. The second-order valence-electron chi connectivity index (χ2n) is 4.60. The number of hydrogen-bond acceptors (Lipinski definition) is 5. The van der Waals surface area contributed by atoms with E-state index in [4.69, 9.17) is 0 Å². The van der Waals surface area contributed by atoms with E-state index in [1.54, 1.807) is 17.4 Å². The summed E-state index contributed by atoms with van der Waals surface area (Å²) < 4.78 is 24.9. The Labute approximate surface area is 123 Å². The van der Waals surface area contributed by atoms with Crippen molar-refractivity contribution < 1.29 is 8.42 Å². The summed E-state index contributed by atoms with van der Waals surface area (Å²) in [6.07, 6.45) is 3.00. The number of nitrogens with one attached hydrogen (secondary N) is 2. The number of aryl methyl sites for hydroxylation is 2. The fourth-order valence-corrected chi connectivity index (χ4v) is 3.13. The van der Waals surface area contributed by atoms with Gasteiger partial charge in [-0.05, 0) is 37.6 Å². The van der Waals surface area contributed by atoms with Crippen LogP contribution >= 0.6 is 11.3 Å². The molecule has 0 unspecified atom stereocenters. The summed E-state index contributed by atoms with van der Waals surface area (Å²) in [7, 11) is -3.24. The lowest BCUT2D eigenvalue weighted by atomic mass is 10.2. The molecule has 108 valence electrons. The molecule has 1 aromatic heterocycles. The minimum Gasteiger partial charge on any atom is -0.380 e. The molecule has 0 radical (unpaired) electrons. The van der Waals surface area contributed by atoms with Crippen LogP contribution in [0.4, 0.5) is 11.4 Å². The number of anilines is 2. The second-order valence-corrected chi connectivity index (χ2v) is 7.67. The van der Waals surface area contributed by atoms with Crippen molar-refractivity contribution in [1.82, 2.24) is 4.98 Å². The zero-order chi connectivity index (χ0) is 14.8. The van der Waals surface area contributed by atoms with Gasteiger partial charge in [0, 0.05) is 16.8 Å². The predicted molar refractivity (Wildman–Crippen MR) is 83.8 cm³/mol. The normalized spacial score (nSPS) is 11.3. The van der Waals surface area contributed by atoms with Gasteiger partial charge < -0.3 is 5.32 Å². The predicted octanol–water partition coefficient (Wildman–Crippen LogP) is 2.74. The monoisotopic (exact) mass is 311 g/mol. The molecule has 0 aliphatic carbocycles. The Kier molecular flexibility index (Phi) is 4.29. The van der Waals surface area contributed by atoms with Crippen LogP contribution in [0.15, 0.2) is 24.4 Å². The molecular formula is C13H17N3O2S2. The van der Waals surface area contributed by atoms with Crippen LogP contribution in [0.25, 0.3) is 0 Å². The van der Waals surface area contributed by atoms with Crippen LogP contribution in [-0.2, 0) is 16.6 Å². The van der Waals surface area contributed by atoms with Crippen molar-refractivity contribution >= 4 is 32.7 Å². The summed E-state index contributed by atoms with van der Waals surface area (Å²) in [5, 5.41) is 4.35. The van der Waals surface area contributed by atoms with Gasteiger partial charge in [0.15, 0.2) is 0 Å². The van der Waals surface area contributed by atoms with Crippen LogP contribution in [0, 0.1) is 13.8 Å². The number of thiazole rings is 1. The van der Waals surface area contributed by atoms with Crippen LogP contribution in [-0.4, -0.2) is 19.7 Å². The summed E-state index contributed by atoms with van der Waals surface area (Å²) in [4.78, 5) is 5.37. The molecule has 5 nitrogen and oxygen atoms in total. The van der Waals surface area contributed by atoms with E-state index in [1.165, 1.54) is 4.88 Å². The molecule has 1 heterocycles. The molecule has 1 aromatic carbocycles. The Hall–Kier alpha value is -1.60. The molecule has 0 aliphatic heterocycles. The summed E-state index contributed by atoms with van der Waals surface area (Å²) >= 11 is 1.66. The third kappa shape index (κ3) is 4.21. The largest absolute Gasteiger partial charge is 0.380 e. The van der Waals surface area contributed by atoms with Gasteiger partial charge in [0.25, 0.3) is 0 Å². The van der Waals surface area contributed by atoms with Gasteiger partial charge in [0.1, 0.15) is 0 Å². The van der Waals surface area contributed by atoms with Crippen molar-refractivity contribution in [1.29, 1.82) is 0 Å². The first-order valence-corrected chi connectivity index (χ1v) is 8.78. The zero-order valence-electron chi connectivity index (χ0n) is 11.6. The van der Waals surface area contributed by atoms with Crippen molar-refractivity contribution in [2.75, 3.05) is 16.3 Å². The lowest BCUT2D eigenvalue weighted by molar-refractivity contribution is 0.607. The summed E-state index contributed by atoms with van der Waals surface area (Å²) in [6, 6.07) is 5.53. The van der Waals surface area contributed by atoms with Gasteiger partial charge in [-0.2, -0.15) is 0 Å². The molecule has 2 N–H and O–H groups in total. The molecule has 20 heavy (non-hydrogen) atoms. The lowest BCUT2D eigenvalue weighted by Gasteiger charge is -2.10. The zero-order valence-corrected chi connectivity index (χ0v) is 13.2. The average Bonchev–Trinajstić information content (AvgIpc) is 2.74. The fourth-order valence-electron chi connectivity index (χ4n) is 1.76. The first kappa shape index (κ1) is 14.8. The highest BCUT2D eigenvalue weighted by Gasteiger charge is 2.06. The van der Waals surface area contributed by atoms with Crippen LogP contribution in [0.3, 0.4) is 0 Å². The summed E-state index contributed by atoms with van der Waals surface area (Å²) in [5.74, 6) is 0. The topological polar surface area (TPSA) is 71.1 Å². The van der Waals surface area contributed by atoms with Crippen molar-refractivity contribution in [3.8, 4) is 0 Å². The summed E-state index contributed by atoms with van der Waals surface area (Å²) in [6.45, 7) is 4.56. The fraction of sp³-hybridized carbons (Fsp3) is 0.308. The number of aromatic nitrogens is 1. The van der Waals surface area contributed by atoms with Gasteiger partial charge in [-0.15, -0.1) is 11.3 Å². The van der Waals surface area contributed by atoms with Gasteiger partial charge in [0.05, 0.1) is 23.5 Å². The highest BCUT2D eigenvalue weighted by molar-refractivity contribution is 7.92.